The SMILES string of the molecule is CCS(=O)(=O)c1ccc(-c2nc3sccn3c2C=O)cc1. The maximum Gasteiger partial charge on any atom is 0.194 e. The third kappa shape index (κ3) is 2.28. The zero-order valence-electron chi connectivity index (χ0n) is 11.2. The first kappa shape index (κ1) is 14.0. The van der Waals surface area contributed by atoms with Crippen LogP contribution in [-0.2, 0) is 9.84 Å². The monoisotopic (exact) mass is 320 g/mol. The molecule has 0 N–H and O–H groups in total. The molecule has 0 aliphatic heterocycles. The number of rotatable bonds is 4. The van der Waals surface area contributed by atoms with Crippen LogP contribution in [0, 0.1) is 0 Å². The van der Waals surface area contributed by atoms with Crippen LogP contribution in [0.4, 0.5) is 0 Å². The Labute approximate surface area is 125 Å². The number of aldehydes is 1. The summed E-state index contributed by atoms with van der Waals surface area (Å²) in [5.74, 6) is 0.0617. The maximum absolute atomic E-state index is 11.8. The van der Waals surface area contributed by atoms with Gasteiger partial charge in [0.05, 0.1) is 10.6 Å². The molecule has 0 fully saturated rings. The fraction of sp³-hybridized carbons (Fsp3) is 0.143. The van der Waals surface area contributed by atoms with E-state index in [0.29, 0.717) is 11.4 Å². The van der Waals surface area contributed by atoms with E-state index in [0.717, 1.165) is 16.8 Å². The molecule has 0 unspecified atom stereocenters. The number of hydrogen-bond acceptors (Lipinski definition) is 5. The molecular weight excluding hydrogens is 308 g/mol. The number of imidazole rings is 1. The molecule has 5 nitrogen and oxygen atoms in total. The second-order valence-electron chi connectivity index (χ2n) is 4.45. The Morgan fingerprint density at radius 3 is 2.62 bits per heavy atom. The van der Waals surface area contributed by atoms with Gasteiger partial charge in [-0.05, 0) is 12.1 Å². The summed E-state index contributed by atoms with van der Waals surface area (Å²) in [6.45, 7) is 1.61. The number of thiazole rings is 1. The Bertz CT molecular complexity index is 906. The summed E-state index contributed by atoms with van der Waals surface area (Å²) >= 11 is 1.44. The van der Waals surface area contributed by atoms with Crippen molar-refractivity contribution >= 4 is 32.4 Å². The van der Waals surface area contributed by atoms with Crippen LogP contribution in [0.3, 0.4) is 0 Å². The molecule has 1 aromatic carbocycles. The van der Waals surface area contributed by atoms with E-state index in [4.69, 9.17) is 0 Å². The largest absolute Gasteiger partial charge is 0.296 e. The molecule has 2 heterocycles. The first-order valence-corrected chi connectivity index (χ1v) is 8.84. The van der Waals surface area contributed by atoms with Crippen molar-refractivity contribution in [2.45, 2.75) is 11.8 Å². The van der Waals surface area contributed by atoms with Crippen LogP contribution in [0.25, 0.3) is 16.2 Å². The van der Waals surface area contributed by atoms with Crippen LogP contribution in [0.2, 0.25) is 0 Å². The van der Waals surface area contributed by atoms with Crippen molar-refractivity contribution in [2.75, 3.05) is 5.75 Å². The molecule has 0 saturated carbocycles. The Morgan fingerprint density at radius 2 is 2.00 bits per heavy atom. The Balaban J connectivity index is 2.11. The van der Waals surface area contributed by atoms with E-state index < -0.39 is 9.84 Å². The van der Waals surface area contributed by atoms with Gasteiger partial charge in [0.25, 0.3) is 0 Å². The summed E-state index contributed by atoms with van der Waals surface area (Å²) in [5, 5.41) is 1.86. The maximum atomic E-state index is 11.8. The highest BCUT2D eigenvalue weighted by Gasteiger charge is 2.16. The first-order chi connectivity index (χ1) is 10.1. The molecule has 0 aliphatic carbocycles. The second-order valence-corrected chi connectivity index (χ2v) is 7.60. The number of benzene rings is 1. The quantitative estimate of drug-likeness (QED) is 0.693. The van der Waals surface area contributed by atoms with Crippen molar-refractivity contribution in [1.82, 2.24) is 9.38 Å². The molecule has 2 aromatic heterocycles. The summed E-state index contributed by atoms with van der Waals surface area (Å²) in [6, 6.07) is 6.47. The molecule has 3 aromatic rings. The fourth-order valence-corrected chi connectivity index (χ4v) is 3.72. The Hall–Kier alpha value is -1.99. The van der Waals surface area contributed by atoms with Crippen molar-refractivity contribution in [2.24, 2.45) is 0 Å². The van der Waals surface area contributed by atoms with Crippen molar-refractivity contribution in [3.8, 4) is 11.3 Å². The average molecular weight is 320 g/mol. The summed E-state index contributed by atoms with van der Waals surface area (Å²) in [5.41, 5.74) is 1.76. The minimum Gasteiger partial charge on any atom is -0.296 e. The van der Waals surface area contributed by atoms with Crippen LogP contribution in [0.15, 0.2) is 40.7 Å². The number of hydrogen-bond donors (Lipinski definition) is 0. The van der Waals surface area contributed by atoms with Gasteiger partial charge in [-0.2, -0.15) is 0 Å². The summed E-state index contributed by atoms with van der Waals surface area (Å²) in [6.07, 6.45) is 2.55. The molecule has 7 heteroatoms. The van der Waals surface area contributed by atoms with E-state index in [1.165, 1.54) is 11.3 Å². The minimum absolute atomic E-state index is 0.0617. The van der Waals surface area contributed by atoms with Gasteiger partial charge in [0, 0.05) is 17.1 Å². The molecule has 108 valence electrons. The predicted molar refractivity (Wildman–Crippen MR) is 81.6 cm³/mol. The van der Waals surface area contributed by atoms with Crippen LogP contribution < -0.4 is 0 Å². The van der Waals surface area contributed by atoms with Crippen LogP contribution in [-0.4, -0.2) is 29.8 Å². The Morgan fingerprint density at radius 1 is 1.29 bits per heavy atom. The standard InChI is InChI=1S/C14H12N2O3S2/c1-2-21(18,19)11-5-3-10(4-6-11)13-12(9-17)16-7-8-20-14(16)15-13/h3-9H,2H2,1H3. The van der Waals surface area contributed by atoms with Crippen molar-refractivity contribution in [1.29, 1.82) is 0 Å². The lowest BCUT2D eigenvalue weighted by molar-refractivity contribution is 0.111. The van der Waals surface area contributed by atoms with Crippen LogP contribution >= 0.6 is 11.3 Å². The number of carbonyl (C=O) groups excluding carboxylic acids is 1. The molecular formula is C14H12N2O3S2. The summed E-state index contributed by atoms with van der Waals surface area (Å²) in [7, 11) is -3.22. The van der Waals surface area contributed by atoms with E-state index in [1.807, 2.05) is 5.38 Å². The fourth-order valence-electron chi connectivity index (χ4n) is 2.12. The van der Waals surface area contributed by atoms with Gasteiger partial charge in [-0.25, -0.2) is 13.4 Å². The highest BCUT2D eigenvalue weighted by Crippen LogP contribution is 2.26. The first-order valence-electron chi connectivity index (χ1n) is 6.30. The van der Waals surface area contributed by atoms with Crippen LogP contribution in [0.1, 0.15) is 17.4 Å². The molecule has 0 spiro atoms. The lowest BCUT2D eigenvalue weighted by Gasteiger charge is -2.03. The second kappa shape index (κ2) is 5.09. The molecule has 0 radical (unpaired) electrons. The van der Waals surface area contributed by atoms with Gasteiger partial charge in [0.2, 0.25) is 0 Å². The van der Waals surface area contributed by atoms with Crippen molar-refractivity contribution in [3.63, 3.8) is 0 Å². The number of carbonyl (C=O) groups is 1. The van der Waals surface area contributed by atoms with Gasteiger partial charge >= 0.3 is 0 Å². The normalized spacial score (nSPS) is 11.9. The molecule has 21 heavy (non-hydrogen) atoms. The highest BCUT2D eigenvalue weighted by molar-refractivity contribution is 7.91. The molecule has 0 amide bonds. The topological polar surface area (TPSA) is 68.5 Å². The molecule has 0 aliphatic rings. The Kier molecular flexibility index (Phi) is 3.38. The summed E-state index contributed by atoms with van der Waals surface area (Å²) in [4.78, 5) is 16.7. The number of aromatic nitrogens is 2. The predicted octanol–water partition coefficient (Wildman–Crippen LogP) is 2.67. The van der Waals surface area contributed by atoms with Crippen molar-refractivity contribution < 1.29 is 13.2 Å². The van der Waals surface area contributed by atoms with Gasteiger partial charge in [0.1, 0.15) is 11.4 Å². The minimum atomic E-state index is -3.22. The number of fused-ring (bicyclic) bond motifs is 1. The highest BCUT2D eigenvalue weighted by atomic mass is 32.2. The molecule has 3 rings (SSSR count). The summed E-state index contributed by atoms with van der Waals surface area (Å²) < 4.78 is 25.3. The van der Waals surface area contributed by atoms with E-state index in [9.17, 15) is 13.2 Å². The average Bonchev–Trinajstić information content (AvgIpc) is 3.07. The van der Waals surface area contributed by atoms with Gasteiger partial charge in [-0.3, -0.25) is 9.20 Å². The van der Waals surface area contributed by atoms with Gasteiger partial charge in [0.15, 0.2) is 21.1 Å². The van der Waals surface area contributed by atoms with Gasteiger partial charge in [-0.1, -0.05) is 19.1 Å². The third-order valence-corrected chi connectivity index (χ3v) is 5.78. The van der Waals surface area contributed by atoms with E-state index in [2.05, 4.69) is 4.98 Å². The number of nitrogens with zero attached hydrogens (tertiary/aromatic N) is 2. The third-order valence-electron chi connectivity index (χ3n) is 3.28. The lowest BCUT2D eigenvalue weighted by Crippen LogP contribution is -2.03. The van der Waals surface area contributed by atoms with Crippen molar-refractivity contribution in [3.05, 3.63) is 41.5 Å². The zero-order valence-corrected chi connectivity index (χ0v) is 12.8. The van der Waals surface area contributed by atoms with Gasteiger partial charge < -0.3 is 0 Å². The zero-order chi connectivity index (χ0) is 15.0. The van der Waals surface area contributed by atoms with E-state index in [1.54, 1.807) is 41.8 Å². The molecule has 0 atom stereocenters. The van der Waals surface area contributed by atoms with Crippen LogP contribution in [0.5, 0.6) is 0 Å². The van der Waals surface area contributed by atoms with Gasteiger partial charge in [-0.15, -0.1) is 11.3 Å². The molecule has 0 bridgehead atoms. The van der Waals surface area contributed by atoms with E-state index in [-0.39, 0.29) is 10.6 Å². The lowest BCUT2D eigenvalue weighted by atomic mass is 10.1. The molecule has 0 saturated heterocycles. The van der Waals surface area contributed by atoms with E-state index >= 15 is 0 Å². The number of sulfone groups is 1. The smallest absolute Gasteiger partial charge is 0.194 e.